The zero-order chi connectivity index (χ0) is 22.8. The number of benzene rings is 1. The molecule has 0 radical (unpaired) electrons. The molecule has 0 spiro atoms. The molecule has 4 heterocycles. The third-order valence-electron chi connectivity index (χ3n) is 5.81. The summed E-state index contributed by atoms with van der Waals surface area (Å²) in [5, 5.41) is 4.16. The number of anilines is 1. The van der Waals surface area contributed by atoms with Crippen molar-refractivity contribution in [2.75, 3.05) is 12.3 Å². The van der Waals surface area contributed by atoms with E-state index >= 15 is 0 Å². The Bertz CT molecular complexity index is 1260. The fraction of sp³-hybridized carbons (Fsp3) is 0.208. The molecule has 9 heteroatoms. The summed E-state index contributed by atoms with van der Waals surface area (Å²) in [5.41, 5.74) is 8.60. The Balaban J connectivity index is 1.49. The standard InChI is InChI=1S/C24H22FN7O/c25-18-8-5-16(6-9-18)19-15-28-24(26)30-22(19)20-4-1-2-12-31(20)23(33)17-7-10-21(27-14-17)32-13-3-11-29-32/h3,5-11,13-15,20H,1-2,4,12H2,(H2,26,28,30)/t20-/m1/s1. The number of amides is 1. The highest BCUT2D eigenvalue weighted by Gasteiger charge is 2.32. The van der Waals surface area contributed by atoms with Crippen LogP contribution < -0.4 is 5.73 Å². The fourth-order valence-corrected chi connectivity index (χ4v) is 4.19. The Morgan fingerprint density at radius 1 is 1.06 bits per heavy atom. The predicted molar refractivity (Wildman–Crippen MR) is 121 cm³/mol. The summed E-state index contributed by atoms with van der Waals surface area (Å²) in [7, 11) is 0. The zero-order valence-corrected chi connectivity index (χ0v) is 17.8. The minimum Gasteiger partial charge on any atom is -0.368 e. The van der Waals surface area contributed by atoms with E-state index < -0.39 is 0 Å². The number of nitrogens with two attached hydrogens (primary N) is 1. The van der Waals surface area contributed by atoms with E-state index in [1.54, 1.807) is 53.7 Å². The highest BCUT2D eigenvalue weighted by atomic mass is 19.1. The first-order valence-electron chi connectivity index (χ1n) is 10.8. The van der Waals surface area contributed by atoms with Crippen LogP contribution in [0.5, 0.6) is 0 Å². The average molecular weight is 443 g/mol. The van der Waals surface area contributed by atoms with E-state index in [-0.39, 0.29) is 23.7 Å². The number of carbonyl (C=O) groups is 1. The van der Waals surface area contributed by atoms with Crippen molar-refractivity contribution in [3.05, 3.63) is 84.3 Å². The quantitative estimate of drug-likeness (QED) is 0.514. The lowest BCUT2D eigenvalue weighted by molar-refractivity contribution is 0.0606. The highest BCUT2D eigenvalue weighted by Crippen LogP contribution is 2.36. The Morgan fingerprint density at radius 2 is 1.91 bits per heavy atom. The van der Waals surface area contributed by atoms with Gasteiger partial charge in [0.15, 0.2) is 5.82 Å². The molecule has 0 unspecified atom stereocenters. The lowest BCUT2D eigenvalue weighted by Crippen LogP contribution is -2.39. The van der Waals surface area contributed by atoms with Crippen LogP contribution in [0, 0.1) is 5.82 Å². The van der Waals surface area contributed by atoms with Gasteiger partial charge in [-0.05, 0) is 55.2 Å². The first-order chi connectivity index (χ1) is 16.1. The molecule has 1 saturated heterocycles. The van der Waals surface area contributed by atoms with Crippen molar-refractivity contribution in [2.45, 2.75) is 25.3 Å². The molecule has 5 rings (SSSR count). The molecule has 1 aliphatic heterocycles. The molecule has 2 N–H and O–H groups in total. The monoisotopic (exact) mass is 443 g/mol. The molecule has 1 amide bonds. The first-order valence-corrected chi connectivity index (χ1v) is 10.8. The average Bonchev–Trinajstić information content (AvgIpc) is 3.39. The molecule has 1 atom stereocenters. The van der Waals surface area contributed by atoms with Gasteiger partial charge < -0.3 is 10.6 Å². The van der Waals surface area contributed by atoms with E-state index in [4.69, 9.17) is 5.73 Å². The summed E-state index contributed by atoms with van der Waals surface area (Å²) in [6.45, 7) is 0.594. The second-order valence-corrected chi connectivity index (χ2v) is 7.90. The van der Waals surface area contributed by atoms with Crippen LogP contribution in [0.1, 0.15) is 41.4 Å². The summed E-state index contributed by atoms with van der Waals surface area (Å²) in [5.74, 6) is 0.326. The number of rotatable bonds is 4. The molecule has 8 nitrogen and oxygen atoms in total. The molecule has 1 aromatic carbocycles. The van der Waals surface area contributed by atoms with Crippen LogP contribution in [0.25, 0.3) is 16.9 Å². The van der Waals surface area contributed by atoms with E-state index in [1.165, 1.54) is 12.1 Å². The maximum Gasteiger partial charge on any atom is 0.255 e. The van der Waals surface area contributed by atoms with Gasteiger partial charge in [0, 0.05) is 36.9 Å². The molecule has 3 aromatic heterocycles. The Morgan fingerprint density at radius 3 is 2.64 bits per heavy atom. The number of carbonyl (C=O) groups excluding carboxylic acids is 1. The molecule has 4 aromatic rings. The van der Waals surface area contributed by atoms with E-state index in [2.05, 4.69) is 20.1 Å². The number of hydrogen-bond acceptors (Lipinski definition) is 6. The zero-order valence-electron chi connectivity index (χ0n) is 17.8. The Kier molecular flexibility index (Phi) is 5.52. The molecular formula is C24H22FN7O. The van der Waals surface area contributed by atoms with Gasteiger partial charge in [-0.15, -0.1) is 0 Å². The number of likely N-dealkylation sites (tertiary alicyclic amines) is 1. The van der Waals surface area contributed by atoms with Crippen molar-refractivity contribution in [1.82, 2.24) is 29.6 Å². The van der Waals surface area contributed by atoms with Gasteiger partial charge in [-0.2, -0.15) is 5.10 Å². The SMILES string of the molecule is Nc1ncc(-c2ccc(F)cc2)c([C@H]2CCCCN2C(=O)c2ccc(-n3cccn3)nc2)n1. The number of hydrogen-bond donors (Lipinski definition) is 1. The van der Waals surface area contributed by atoms with Crippen molar-refractivity contribution in [3.8, 4) is 16.9 Å². The largest absolute Gasteiger partial charge is 0.368 e. The second-order valence-electron chi connectivity index (χ2n) is 7.90. The van der Waals surface area contributed by atoms with Gasteiger partial charge in [0.2, 0.25) is 5.95 Å². The van der Waals surface area contributed by atoms with Crippen molar-refractivity contribution >= 4 is 11.9 Å². The molecule has 0 aliphatic carbocycles. The van der Waals surface area contributed by atoms with Crippen molar-refractivity contribution in [2.24, 2.45) is 0 Å². The predicted octanol–water partition coefficient (Wildman–Crippen LogP) is 3.81. The summed E-state index contributed by atoms with van der Waals surface area (Å²) in [6.07, 6.45) is 9.27. The van der Waals surface area contributed by atoms with Crippen molar-refractivity contribution in [3.63, 3.8) is 0 Å². The van der Waals surface area contributed by atoms with Gasteiger partial charge in [0.1, 0.15) is 5.82 Å². The second kappa shape index (κ2) is 8.78. The van der Waals surface area contributed by atoms with Crippen LogP contribution in [0.15, 0.2) is 67.3 Å². The molecule has 1 fully saturated rings. The topological polar surface area (TPSA) is 103 Å². The summed E-state index contributed by atoms with van der Waals surface area (Å²) < 4.78 is 15.1. The number of piperidine rings is 1. The van der Waals surface area contributed by atoms with Gasteiger partial charge in [0.05, 0.1) is 17.3 Å². The molecule has 0 bridgehead atoms. The summed E-state index contributed by atoms with van der Waals surface area (Å²) >= 11 is 0. The van der Waals surface area contributed by atoms with E-state index in [0.29, 0.717) is 23.6 Å². The normalized spacial score (nSPS) is 16.0. The number of halogens is 1. The molecule has 33 heavy (non-hydrogen) atoms. The first kappa shape index (κ1) is 20.7. The number of aromatic nitrogens is 5. The number of nitrogens with zero attached hydrogens (tertiary/aromatic N) is 6. The van der Waals surface area contributed by atoms with Crippen molar-refractivity contribution < 1.29 is 9.18 Å². The Labute approximate surface area is 189 Å². The molecule has 1 aliphatic rings. The minimum atomic E-state index is -0.322. The van der Waals surface area contributed by atoms with Crippen LogP contribution in [0.4, 0.5) is 10.3 Å². The van der Waals surface area contributed by atoms with E-state index in [0.717, 1.165) is 30.4 Å². The number of pyridine rings is 1. The van der Waals surface area contributed by atoms with Crippen LogP contribution in [-0.2, 0) is 0 Å². The summed E-state index contributed by atoms with van der Waals surface area (Å²) in [6, 6.07) is 11.2. The third kappa shape index (κ3) is 4.17. The Hall–Kier alpha value is -4.14. The van der Waals surface area contributed by atoms with Crippen LogP contribution in [0.2, 0.25) is 0 Å². The van der Waals surface area contributed by atoms with Gasteiger partial charge in [-0.25, -0.2) is 24.0 Å². The summed E-state index contributed by atoms with van der Waals surface area (Å²) in [4.78, 5) is 28.4. The lowest BCUT2D eigenvalue weighted by atomic mass is 9.93. The van der Waals surface area contributed by atoms with E-state index in [9.17, 15) is 9.18 Å². The van der Waals surface area contributed by atoms with Crippen LogP contribution >= 0.6 is 0 Å². The highest BCUT2D eigenvalue weighted by molar-refractivity contribution is 5.94. The van der Waals surface area contributed by atoms with Crippen molar-refractivity contribution in [1.29, 1.82) is 0 Å². The smallest absolute Gasteiger partial charge is 0.255 e. The van der Waals surface area contributed by atoms with Gasteiger partial charge in [-0.3, -0.25) is 4.79 Å². The van der Waals surface area contributed by atoms with Gasteiger partial charge in [0.25, 0.3) is 5.91 Å². The molecule has 0 saturated carbocycles. The molecular weight excluding hydrogens is 421 g/mol. The maximum absolute atomic E-state index is 13.5. The van der Waals surface area contributed by atoms with E-state index in [1.807, 2.05) is 11.0 Å². The minimum absolute atomic E-state index is 0.124. The van der Waals surface area contributed by atoms with Gasteiger partial charge in [-0.1, -0.05) is 12.1 Å². The molecule has 166 valence electrons. The third-order valence-corrected chi connectivity index (χ3v) is 5.81. The fourth-order valence-electron chi connectivity index (χ4n) is 4.19. The number of nitrogen functional groups attached to an aromatic ring is 1. The lowest BCUT2D eigenvalue weighted by Gasteiger charge is -2.36. The van der Waals surface area contributed by atoms with Crippen LogP contribution in [0.3, 0.4) is 0 Å². The van der Waals surface area contributed by atoms with Gasteiger partial charge >= 0.3 is 0 Å². The maximum atomic E-state index is 13.5. The van der Waals surface area contributed by atoms with Crippen LogP contribution in [-0.4, -0.2) is 42.1 Å².